The van der Waals surface area contributed by atoms with Gasteiger partial charge in [0.15, 0.2) is 0 Å². The Hall–Kier alpha value is -1.02. The lowest BCUT2D eigenvalue weighted by molar-refractivity contribution is 0.0820. The highest BCUT2D eigenvalue weighted by Gasteiger charge is 2.05. The van der Waals surface area contributed by atoms with Gasteiger partial charge in [-0.1, -0.05) is 45.2 Å². The van der Waals surface area contributed by atoms with Crippen LogP contribution in [0.3, 0.4) is 0 Å². The Morgan fingerprint density at radius 3 is 2.47 bits per heavy atom. The van der Waals surface area contributed by atoms with Crippen LogP contribution in [0.1, 0.15) is 45.1 Å². The molecular formula is C15H25NO. The minimum absolute atomic E-state index is 0.697. The molecule has 0 heterocycles. The summed E-state index contributed by atoms with van der Waals surface area (Å²) in [5.41, 5.74) is 7.65. The van der Waals surface area contributed by atoms with Gasteiger partial charge in [-0.15, -0.1) is 0 Å². The van der Waals surface area contributed by atoms with Crippen molar-refractivity contribution in [1.29, 1.82) is 0 Å². The zero-order valence-electron chi connectivity index (χ0n) is 11.1. The molecule has 1 atom stereocenters. The summed E-state index contributed by atoms with van der Waals surface area (Å²) in [6.45, 7) is 6.05. The predicted octanol–water partition coefficient (Wildman–Crippen LogP) is 4.00. The van der Waals surface area contributed by atoms with Gasteiger partial charge in [0.05, 0.1) is 6.61 Å². The molecule has 2 heteroatoms. The minimum Gasteiger partial charge on any atom is -0.399 e. The molecular weight excluding hydrogens is 210 g/mol. The van der Waals surface area contributed by atoms with E-state index in [0.29, 0.717) is 12.5 Å². The van der Waals surface area contributed by atoms with Crippen LogP contribution in [-0.4, -0.2) is 6.61 Å². The van der Waals surface area contributed by atoms with Crippen molar-refractivity contribution in [2.75, 3.05) is 12.3 Å². The van der Waals surface area contributed by atoms with Crippen molar-refractivity contribution in [1.82, 2.24) is 0 Å². The molecule has 96 valence electrons. The fraction of sp³-hybridized carbons (Fsp3) is 0.600. The Kier molecular flexibility index (Phi) is 6.71. The average Bonchev–Trinajstić information content (AvgIpc) is 2.36. The molecule has 0 aliphatic carbocycles. The Labute approximate surface area is 105 Å². The highest BCUT2D eigenvalue weighted by molar-refractivity contribution is 5.39. The summed E-state index contributed by atoms with van der Waals surface area (Å²) in [5, 5.41) is 0. The van der Waals surface area contributed by atoms with Crippen molar-refractivity contribution in [2.45, 2.75) is 46.1 Å². The van der Waals surface area contributed by atoms with Crippen LogP contribution < -0.4 is 5.73 Å². The third-order valence-corrected chi connectivity index (χ3v) is 3.15. The van der Waals surface area contributed by atoms with Gasteiger partial charge in [0.2, 0.25) is 0 Å². The van der Waals surface area contributed by atoms with Crippen molar-refractivity contribution < 1.29 is 4.74 Å². The number of unbranched alkanes of at least 4 members (excludes halogenated alkanes) is 1. The molecule has 0 spiro atoms. The summed E-state index contributed by atoms with van der Waals surface area (Å²) in [4.78, 5) is 0. The van der Waals surface area contributed by atoms with Crippen LogP contribution in [0.4, 0.5) is 5.69 Å². The third kappa shape index (κ3) is 5.73. The smallest absolute Gasteiger partial charge is 0.0717 e. The summed E-state index contributed by atoms with van der Waals surface area (Å²) in [5.74, 6) is 0.712. The Morgan fingerprint density at radius 1 is 1.18 bits per heavy atom. The summed E-state index contributed by atoms with van der Waals surface area (Å²) in [6, 6.07) is 7.91. The number of hydrogen-bond donors (Lipinski definition) is 1. The predicted molar refractivity (Wildman–Crippen MR) is 73.8 cm³/mol. The number of benzene rings is 1. The highest BCUT2D eigenvalue weighted by atomic mass is 16.5. The Balaban J connectivity index is 2.23. The number of ether oxygens (including phenoxy) is 1. The van der Waals surface area contributed by atoms with Gasteiger partial charge >= 0.3 is 0 Å². The first-order chi connectivity index (χ1) is 8.26. The molecule has 17 heavy (non-hydrogen) atoms. The third-order valence-electron chi connectivity index (χ3n) is 3.15. The lowest BCUT2D eigenvalue weighted by atomic mass is 10.0. The second-order valence-electron chi connectivity index (χ2n) is 4.67. The van der Waals surface area contributed by atoms with E-state index in [2.05, 4.69) is 13.8 Å². The SMILES string of the molecule is CCCCC(CC)COCc1ccc(N)cc1. The molecule has 1 aromatic rings. The molecule has 1 aromatic carbocycles. The van der Waals surface area contributed by atoms with Crippen molar-refractivity contribution in [3.05, 3.63) is 29.8 Å². The first-order valence-corrected chi connectivity index (χ1v) is 6.68. The second-order valence-corrected chi connectivity index (χ2v) is 4.67. The van der Waals surface area contributed by atoms with Crippen molar-refractivity contribution >= 4 is 5.69 Å². The van der Waals surface area contributed by atoms with Crippen LogP contribution >= 0.6 is 0 Å². The summed E-state index contributed by atoms with van der Waals surface area (Å²) in [7, 11) is 0. The molecule has 0 saturated heterocycles. The molecule has 0 radical (unpaired) electrons. The van der Waals surface area contributed by atoms with Gasteiger partial charge in [-0.05, 0) is 30.0 Å². The van der Waals surface area contributed by atoms with Crippen molar-refractivity contribution in [2.24, 2.45) is 5.92 Å². The number of nitrogens with two attached hydrogens (primary N) is 1. The maximum absolute atomic E-state index is 5.77. The number of rotatable bonds is 8. The average molecular weight is 235 g/mol. The molecule has 2 N–H and O–H groups in total. The normalized spacial score (nSPS) is 12.6. The van der Waals surface area contributed by atoms with Gasteiger partial charge in [0.25, 0.3) is 0 Å². The lowest BCUT2D eigenvalue weighted by Crippen LogP contribution is -2.08. The fourth-order valence-corrected chi connectivity index (χ4v) is 1.86. The Morgan fingerprint density at radius 2 is 1.88 bits per heavy atom. The zero-order valence-corrected chi connectivity index (χ0v) is 11.1. The monoisotopic (exact) mass is 235 g/mol. The number of anilines is 1. The van der Waals surface area contributed by atoms with E-state index in [1.54, 1.807) is 0 Å². The number of hydrogen-bond acceptors (Lipinski definition) is 2. The fourth-order valence-electron chi connectivity index (χ4n) is 1.86. The van der Waals surface area contributed by atoms with Crippen molar-refractivity contribution in [3.63, 3.8) is 0 Å². The van der Waals surface area contributed by atoms with Crippen LogP contribution in [-0.2, 0) is 11.3 Å². The van der Waals surface area contributed by atoms with Gasteiger partial charge < -0.3 is 10.5 Å². The molecule has 0 bridgehead atoms. The van der Waals surface area contributed by atoms with Crippen LogP contribution in [0.15, 0.2) is 24.3 Å². The first kappa shape index (κ1) is 14.0. The molecule has 0 amide bonds. The highest BCUT2D eigenvalue weighted by Crippen LogP contribution is 2.14. The summed E-state index contributed by atoms with van der Waals surface area (Å²) >= 11 is 0. The summed E-state index contributed by atoms with van der Waals surface area (Å²) in [6.07, 6.45) is 5.08. The molecule has 0 fully saturated rings. The van der Waals surface area contributed by atoms with Crippen molar-refractivity contribution in [3.8, 4) is 0 Å². The first-order valence-electron chi connectivity index (χ1n) is 6.68. The van der Waals surface area contributed by atoms with E-state index in [9.17, 15) is 0 Å². The maximum atomic E-state index is 5.77. The number of nitrogen functional groups attached to an aromatic ring is 1. The van der Waals surface area contributed by atoms with E-state index in [-0.39, 0.29) is 0 Å². The summed E-state index contributed by atoms with van der Waals surface area (Å²) < 4.78 is 5.77. The minimum atomic E-state index is 0.697. The topological polar surface area (TPSA) is 35.2 Å². The van der Waals surface area contributed by atoms with Gasteiger partial charge in [0.1, 0.15) is 0 Å². The Bertz CT molecular complexity index is 294. The molecule has 1 rings (SSSR count). The van der Waals surface area contributed by atoms with E-state index < -0.39 is 0 Å². The van der Waals surface area contributed by atoms with E-state index in [0.717, 1.165) is 12.3 Å². The van der Waals surface area contributed by atoms with Gasteiger partial charge in [-0.3, -0.25) is 0 Å². The molecule has 1 unspecified atom stereocenters. The molecule has 0 aromatic heterocycles. The van der Waals surface area contributed by atoms with Crippen LogP contribution in [0, 0.1) is 5.92 Å². The van der Waals surface area contributed by atoms with Crippen LogP contribution in [0.5, 0.6) is 0 Å². The van der Waals surface area contributed by atoms with Crippen LogP contribution in [0.25, 0.3) is 0 Å². The largest absolute Gasteiger partial charge is 0.399 e. The lowest BCUT2D eigenvalue weighted by Gasteiger charge is -2.14. The van der Waals surface area contributed by atoms with Gasteiger partial charge in [0, 0.05) is 12.3 Å². The standard InChI is InChI=1S/C15H25NO/c1-3-5-6-13(4-2)11-17-12-14-7-9-15(16)10-8-14/h7-10,13H,3-6,11-12,16H2,1-2H3. The van der Waals surface area contributed by atoms with Crippen LogP contribution in [0.2, 0.25) is 0 Å². The van der Waals surface area contributed by atoms with E-state index >= 15 is 0 Å². The molecule has 2 nitrogen and oxygen atoms in total. The molecule has 0 aliphatic heterocycles. The second kappa shape index (κ2) is 8.13. The zero-order chi connectivity index (χ0) is 12.5. The van der Waals surface area contributed by atoms with E-state index in [1.807, 2.05) is 24.3 Å². The molecule has 0 aliphatic rings. The maximum Gasteiger partial charge on any atom is 0.0717 e. The quantitative estimate of drug-likeness (QED) is 0.691. The van der Waals surface area contributed by atoms with E-state index in [4.69, 9.17) is 10.5 Å². The molecule has 0 saturated carbocycles. The van der Waals surface area contributed by atoms with Gasteiger partial charge in [-0.2, -0.15) is 0 Å². The van der Waals surface area contributed by atoms with Gasteiger partial charge in [-0.25, -0.2) is 0 Å². The van der Waals surface area contributed by atoms with E-state index in [1.165, 1.54) is 31.2 Å².